The molecule has 0 spiro atoms. The van der Waals surface area contributed by atoms with Crippen molar-refractivity contribution in [1.29, 1.82) is 0 Å². The molecule has 0 radical (unpaired) electrons. The smallest absolute Gasteiger partial charge is 0.139 e. The summed E-state index contributed by atoms with van der Waals surface area (Å²) in [5.74, 6) is -0.120. The highest BCUT2D eigenvalue weighted by molar-refractivity contribution is 7.99. The molecule has 17 heavy (non-hydrogen) atoms. The van der Waals surface area contributed by atoms with Gasteiger partial charge in [-0.05, 0) is 37.3 Å². The Balaban J connectivity index is 2.18. The second-order valence-corrected chi connectivity index (χ2v) is 5.38. The van der Waals surface area contributed by atoms with Gasteiger partial charge in [0, 0.05) is 17.0 Å². The molecule has 0 saturated carbocycles. The van der Waals surface area contributed by atoms with E-state index in [9.17, 15) is 8.78 Å². The maximum absolute atomic E-state index is 13.3. The lowest BCUT2D eigenvalue weighted by Gasteiger charge is -2.07. The second kappa shape index (κ2) is 7.67. The van der Waals surface area contributed by atoms with Gasteiger partial charge >= 0.3 is 0 Å². The van der Waals surface area contributed by atoms with Gasteiger partial charge in [0.05, 0.1) is 0 Å². The summed E-state index contributed by atoms with van der Waals surface area (Å²) in [7, 11) is 0. The minimum absolute atomic E-state index is 0.463. The highest BCUT2D eigenvalue weighted by atomic mass is 32.2. The third-order valence-electron chi connectivity index (χ3n) is 2.28. The van der Waals surface area contributed by atoms with E-state index in [1.165, 1.54) is 23.9 Å². The number of benzene rings is 1. The number of halogens is 2. The Morgan fingerprint density at radius 1 is 1.24 bits per heavy atom. The van der Waals surface area contributed by atoms with Gasteiger partial charge in [0.1, 0.15) is 11.6 Å². The van der Waals surface area contributed by atoms with Crippen LogP contribution in [0.1, 0.15) is 26.7 Å². The van der Waals surface area contributed by atoms with Crippen LogP contribution >= 0.6 is 11.8 Å². The van der Waals surface area contributed by atoms with Crippen LogP contribution in [0.5, 0.6) is 0 Å². The molecular weight excluding hydrogens is 240 g/mol. The van der Waals surface area contributed by atoms with Gasteiger partial charge in [-0.1, -0.05) is 13.8 Å². The lowest BCUT2D eigenvalue weighted by molar-refractivity contribution is 0.564. The Kier molecular flexibility index (Phi) is 6.52. The molecule has 0 saturated heterocycles. The van der Waals surface area contributed by atoms with Gasteiger partial charge in [0.15, 0.2) is 0 Å². The summed E-state index contributed by atoms with van der Waals surface area (Å²) in [6.07, 6.45) is 2.11. The summed E-state index contributed by atoms with van der Waals surface area (Å²) in [5.41, 5.74) is 0. The monoisotopic (exact) mass is 259 g/mol. The zero-order chi connectivity index (χ0) is 12.7. The minimum atomic E-state index is -0.520. The number of hydrogen-bond acceptors (Lipinski definition) is 2. The summed E-state index contributed by atoms with van der Waals surface area (Å²) in [6.45, 7) is 5.22. The standard InChI is InChI=1S/C13H19F2NS/c1-10(2)16-7-3-4-8-17-13-6-5-11(14)9-12(13)15/h5-6,9-10,16H,3-4,7-8H2,1-2H3. The summed E-state index contributed by atoms with van der Waals surface area (Å²) < 4.78 is 25.9. The zero-order valence-corrected chi connectivity index (χ0v) is 11.1. The van der Waals surface area contributed by atoms with Gasteiger partial charge in [-0.2, -0.15) is 0 Å². The topological polar surface area (TPSA) is 12.0 Å². The van der Waals surface area contributed by atoms with Crippen LogP contribution in [0.15, 0.2) is 23.1 Å². The molecule has 1 aromatic carbocycles. The quantitative estimate of drug-likeness (QED) is 0.590. The van der Waals surface area contributed by atoms with E-state index in [2.05, 4.69) is 19.2 Å². The first-order chi connectivity index (χ1) is 8.09. The van der Waals surface area contributed by atoms with Crippen molar-refractivity contribution >= 4 is 11.8 Å². The van der Waals surface area contributed by atoms with Crippen molar-refractivity contribution in [2.75, 3.05) is 12.3 Å². The minimum Gasteiger partial charge on any atom is -0.315 e. The molecule has 0 amide bonds. The molecule has 0 aromatic heterocycles. The van der Waals surface area contributed by atoms with Crippen molar-refractivity contribution in [3.05, 3.63) is 29.8 Å². The van der Waals surface area contributed by atoms with Crippen LogP contribution in [0, 0.1) is 11.6 Å². The molecule has 0 fully saturated rings. The van der Waals surface area contributed by atoms with E-state index in [0.29, 0.717) is 10.9 Å². The Morgan fingerprint density at radius 3 is 2.65 bits per heavy atom. The fourth-order valence-electron chi connectivity index (χ4n) is 1.39. The summed E-state index contributed by atoms with van der Waals surface area (Å²) in [5, 5.41) is 3.33. The van der Waals surface area contributed by atoms with E-state index in [1.54, 1.807) is 0 Å². The largest absolute Gasteiger partial charge is 0.315 e. The zero-order valence-electron chi connectivity index (χ0n) is 10.3. The Morgan fingerprint density at radius 2 is 2.00 bits per heavy atom. The highest BCUT2D eigenvalue weighted by Crippen LogP contribution is 2.23. The van der Waals surface area contributed by atoms with Crippen molar-refractivity contribution in [2.45, 2.75) is 37.6 Å². The van der Waals surface area contributed by atoms with Crippen molar-refractivity contribution in [1.82, 2.24) is 5.32 Å². The molecule has 1 nitrogen and oxygen atoms in total. The Hall–Kier alpha value is -0.610. The number of unbranched alkanes of at least 4 members (excludes halogenated alkanes) is 1. The van der Waals surface area contributed by atoms with Crippen LogP contribution in [0.25, 0.3) is 0 Å². The van der Waals surface area contributed by atoms with E-state index in [1.807, 2.05) is 0 Å². The van der Waals surface area contributed by atoms with E-state index >= 15 is 0 Å². The number of nitrogens with one attached hydrogen (secondary N) is 1. The fraction of sp³-hybridized carbons (Fsp3) is 0.538. The second-order valence-electron chi connectivity index (χ2n) is 4.24. The van der Waals surface area contributed by atoms with Crippen LogP contribution in [0.3, 0.4) is 0 Å². The van der Waals surface area contributed by atoms with Crippen molar-refractivity contribution in [3.63, 3.8) is 0 Å². The van der Waals surface area contributed by atoms with Crippen LogP contribution in [0.2, 0.25) is 0 Å². The van der Waals surface area contributed by atoms with Crippen molar-refractivity contribution < 1.29 is 8.78 Å². The summed E-state index contributed by atoms with van der Waals surface area (Å²) in [6, 6.07) is 4.24. The van der Waals surface area contributed by atoms with Crippen LogP contribution < -0.4 is 5.32 Å². The fourth-order valence-corrected chi connectivity index (χ4v) is 2.32. The van der Waals surface area contributed by atoms with Crippen molar-refractivity contribution in [2.24, 2.45) is 0 Å². The molecule has 96 valence electrons. The van der Waals surface area contributed by atoms with Crippen LogP contribution in [-0.2, 0) is 0 Å². The molecule has 1 aromatic rings. The maximum Gasteiger partial charge on any atom is 0.139 e. The third-order valence-corrected chi connectivity index (χ3v) is 3.41. The molecule has 0 atom stereocenters. The SMILES string of the molecule is CC(C)NCCCCSc1ccc(F)cc1F. The van der Waals surface area contributed by atoms with E-state index in [0.717, 1.165) is 31.2 Å². The lowest BCUT2D eigenvalue weighted by atomic mass is 10.3. The predicted molar refractivity (Wildman–Crippen MR) is 69.5 cm³/mol. The van der Waals surface area contributed by atoms with Crippen LogP contribution in [-0.4, -0.2) is 18.3 Å². The van der Waals surface area contributed by atoms with E-state index < -0.39 is 11.6 Å². The molecule has 0 aliphatic carbocycles. The molecule has 0 unspecified atom stereocenters. The normalized spacial score (nSPS) is 11.1. The van der Waals surface area contributed by atoms with Gasteiger partial charge in [-0.3, -0.25) is 0 Å². The van der Waals surface area contributed by atoms with E-state index in [-0.39, 0.29) is 0 Å². The van der Waals surface area contributed by atoms with Gasteiger partial charge in [-0.15, -0.1) is 11.8 Å². The highest BCUT2D eigenvalue weighted by Gasteiger charge is 2.03. The Labute approximate surface area is 106 Å². The van der Waals surface area contributed by atoms with E-state index in [4.69, 9.17) is 0 Å². The molecular formula is C13H19F2NS. The third kappa shape index (κ3) is 6.03. The first kappa shape index (κ1) is 14.5. The molecule has 0 bridgehead atoms. The number of hydrogen-bond donors (Lipinski definition) is 1. The average molecular weight is 259 g/mol. The molecule has 1 N–H and O–H groups in total. The predicted octanol–water partition coefficient (Wildman–Crippen LogP) is 3.84. The molecule has 1 rings (SSSR count). The van der Waals surface area contributed by atoms with Gasteiger partial charge in [0.2, 0.25) is 0 Å². The van der Waals surface area contributed by atoms with Crippen LogP contribution in [0.4, 0.5) is 8.78 Å². The average Bonchev–Trinajstić information content (AvgIpc) is 2.25. The molecule has 4 heteroatoms. The lowest BCUT2D eigenvalue weighted by Crippen LogP contribution is -2.23. The number of rotatable bonds is 7. The molecule has 0 heterocycles. The summed E-state index contributed by atoms with van der Waals surface area (Å²) >= 11 is 1.45. The maximum atomic E-state index is 13.3. The first-order valence-corrected chi connectivity index (χ1v) is 6.89. The number of thioether (sulfide) groups is 1. The first-order valence-electron chi connectivity index (χ1n) is 5.91. The van der Waals surface area contributed by atoms with Gasteiger partial charge in [-0.25, -0.2) is 8.78 Å². The molecule has 0 aliphatic heterocycles. The Bertz CT molecular complexity index is 342. The molecule has 0 aliphatic rings. The van der Waals surface area contributed by atoms with Crippen molar-refractivity contribution in [3.8, 4) is 0 Å². The van der Waals surface area contributed by atoms with Gasteiger partial charge in [0.25, 0.3) is 0 Å². The van der Waals surface area contributed by atoms with Gasteiger partial charge < -0.3 is 5.32 Å². The summed E-state index contributed by atoms with van der Waals surface area (Å²) in [4.78, 5) is 0.531.